The van der Waals surface area contributed by atoms with Crippen molar-refractivity contribution in [1.29, 1.82) is 0 Å². The van der Waals surface area contributed by atoms with E-state index in [0.717, 1.165) is 28.9 Å². The lowest BCUT2D eigenvalue weighted by atomic mass is 9.76. The highest BCUT2D eigenvalue weighted by Gasteiger charge is 2.57. The zero-order chi connectivity index (χ0) is 21.9. The van der Waals surface area contributed by atoms with Crippen LogP contribution in [-0.2, 0) is 21.4 Å². The highest BCUT2D eigenvalue weighted by atomic mass is 19.1. The van der Waals surface area contributed by atoms with Gasteiger partial charge in [0.1, 0.15) is 35.9 Å². The number of fused-ring (bicyclic) bond motifs is 5. The van der Waals surface area contributed by atoms with Gasteiger partial charge in [-0.25, -0.2) is 4.39 Å². The Bertz CT molecular complexity index is 1290. The van der Waals surface area contributed by atoms with Crippen LogP contribution >= 0.6 is 0 Å². The Balaban J connectivity index is 1.38. The Morgan fingerprint density at radius 1 is 1.03 bits per heavy atom. The van der Waals surface area contributed by atoms with Gasteiger partial charge in [-0.3, -0.25) is 9.59 Å². The maximum Gasteiger partial charge on any atom is 0.246 e. The number of rotatable bonds is 3. The molecule has 6 rings (SSSR count). The Morgan fingerprint density at radius 3 is 2.72 bits per heavy atom. The minimum Gasteiger partial charge on any atom is -0.493 e. The number of halogens is 1. The van der Waals surface area contributed by atoms with Gasteiger partial charge in [-0.2, -0.15) is 0 Å². The molecule has 0 fully saturated rings. The normalized spacial score (nSPS) is 19.9. The van der Waals surface area contributed by atoms with Crippen LogP contribution in [0.4, 0.5) is 15.8 Å². The molecule has 0 saturated heterocycles. The van der Waals surface area contributed by atoms with Crippen molar-refractivity contribution < 1.29 is 23.5 Å². The lowest BCUT2D eigenvalue weighted by Crippen LogP contribution is -2.45. The summed E-state index contributed by atoms with van der Waals surface area (Å²) in [5.74, 6) is 0.198. The summed E-state index contributed by atoms with van der Waals surface area (Å²) in [7, 11) is 0. The van der Waals surface area contributed by atoms with E-state index in [1.165, 1.54) is 17.0 Å². The second-order valence-electron chi connectivity index (χ2n) is 8.19. The van der Waals surface area contributed by atoms with Gasteiger partial charge in [-0.05, 0) is 35.4 Å². The fraction of sp³-hybridized carbons (Fsp3) is 0.200. The molecule has 3 aliphatic heterocycles. The summed E-state index contributed by atoms with van der Waals surface area (Å²) in [6.07, 6.45) is 0.781. The van der Waals surface area contributed by atoms with Crippen molar-refractivity contribution in [2.24, 2.45) is 0 Å². The molecule has 3 aliphatic rings. The van der Waals surface area contributed by atoms with Gasteiger partial charge in [0.15, 0.2) is 0 Å². The van der Waals surface area contributed by atoms with Crippen LogP contribution in [0.2, 0.25) is 0 Å². The number of carbonyl (C=O) groups is 2. The summed E-state index contributed by atoms with van der Waals surface area (Å²) in [6, 6.07) is 17.3. The van der Waals surface area contributed by atoms with Crippen molar-refractivity contribution in [1.82, 2.24) is 0 Å². The van der Waals surface area contributed by atoms with E-state index >= 15 is 0 Å². The molecule has 1 unspecified atom stereocenters. The molecule has 32 heavy (non-hydrogen) atoms. The molecule has 0 bridgehead atoms. The first-order chi connectivity index (χ1) is 15.6. The van der Waals surface area contributed by atoms with E-state index in [4.69, 9.17) is 9.47 Å². The largest absolute Gasteiger partial charge is 0.493 e. The second-order valence-corrected chi connectivity index (χ2v) is 8.19. The van der Waals surface area contributed by atoms with Crippen molar-refractivity contribution in [2.45, 2.75) is 11.8 Å². The Hall–Kier alpha value is -3.87. The summed E-state index contributed by atoms with van der Waals surface area (Å²) < 4.78 is 25.6. The third-order valence-corrected chi connectivity index (χ3v) is 6.41. The fourth-order valence-corrected chi connectivity index (χ4v) is 4.90. The smallest absolute Gasteiger partial charge is 0.246 e. The van der Waals surface area contributed by atoms with Gasteiger partial charge in [0.05, 0.1) is 12.3 Å². The third-order valence-electron chi connectivity index (χ3n) is 6.41. The van der Waals surface area contributed by atoms with E-state index in [0.29, 0.717) is 18.0 Å². The number of carbonyl (C=O) groups excluding carboxylic acids is 2. The first-order valence-corrected chi connectivity index (χ1v) is 10.5. The van der Waals surface area contributed by atoms with Crippen molar-refractivity contribution >= 4 is 23.2 Å². The minimum absolute atomic E-state index is 0.0808. The average molecular weight is 430 g/mol. The van der Waals surface area contributed by atoms with Gasteiger partial charge >= 0.3 is 0 Å². The molecule has 0 radical (unpaired) electrons. The molecule has 3 aromatic carbocycles. The summed E-state index contributed by atoms with van der Waals surface area (Å²) in [5, 5.41) is 2.56. The second kappa shape index (κ2) is 6.82. The zero-order valence-electron chi connectivity index (χ0n) is 17.1. The summed E-state index contributed by atoms with van der Waals surface area (Å²) in [5.41, 5.74) is 2.39. The SMILES string of the molecule is O=C(CN1C(=O)C2(COc3cc4c(cc32)CCO4)c2ccccc21)Nc1ccccc1F. The van der Waals surface area contributed by atoms with Gasteiger partial charge < -0.3 is 19.7 Å². The van der Waals surface area contributed by atoms with Crippen molar-refractivity contribution in [3.05, 3.63) is 83.2 Å². The number of para-hydroxylation sites is 2. The average Bonchev–Trinajstić information content (AvgIpc) is 3.47. The van der Waals surface area contributed by atoms with E-state index in [2.05, 4.69) is 5.32 Å². The Kier molecular flexibility index (Phi) is 4.02. The van der Waals surface area contributed by atoms with Crippen LogP contribution in [0.15, 0.2) is 60.7 Å². The standard InChI is InChI=1S/C25H19FN2O4/c26-18-6-2-3-7-19(18)27-23(29)13-28-20-8-4-1-5-16(20)25(24(28)30)14-32-22-12-21-15(9-10-31-21)11-17(22)25/h1-8,11-12H,9-10,13-14H2,(H,27,29). The molecule has 1 spiro atoms. The highest BCUT2D eigenvalue weighted by Crippen LogP contribution is 2.53. The molecule has 0 saturated carbocycles. The van der Waals surface area contributed by atoms with E-state index in [1.54, 1.807) is 12.1 Å². The minimum atomic E-state index is -1.01. The van der Waals surface area contributed by atoms with Gasteiger partial charge in [0, 0.05) is 23.7 Å². The fourth-order valence-electron chi connectivity index (χ4n) is 4.90. The summed E-state index contributed by atoms with van der Waals surface area (Å²) in [4.78, 5) is 28.1. The number of hydrogen-bond acceptors (Lipinski definition) is 4. The van der Waals surface area contributed by atoms with Crippen LogP contribution in [0.1, 0.15) is 16.7 Å². The predicted molar refractivity (Wildman–Crippen MR) is 116 cm³/mol. The van der Waals surface area contributed by atoms with E-state index < -0.39 is 17.1 Å². The lowest BCUT2D eigenvalue weighted by Gasteiger charge is -2.23. The maximum atomic E-state index is 14.0. The number of nitrogens with one attached hydrogen (secondary N) is 1. The molecule has 1 atom stereocenters. The van der Waals surface area contributed by atoms with Crippen LogP contribution in [0, 0.1) is 5.82 Å². The quantitative estimate of drug-likeness (QED) is 0.692. The zero-order valence-corrected chi connectivity index (χ0v) is 17.1. The number of amides is 2. The summed E-state index contributed by atoms with van der Waals surface area (Å²) in [6.45, 7) is 0.542. The molecule has 1 N–H and O–H groups in total. The van der Waals surface area contributed by atoms with Crippen LogP contribution in [0.3, 0.4) is 0 Å². The molecular formula is C25H19FN2O4. The third kappa shape index (κ3) is 2.57. The molecule has 0 aliphatic carbocycles. The number of ether oxygens (including phenoxy) is 2. The van der Waals surface area contributed by atoms with Crippen molar-refractivity contribution in [2.75, 3.05) is 30.0 Å². The molecule has 7 heteroatoms. The van der Waals surface area contributed by atoms with Crippen LogP contribution in [0.25, 0.3) is 0 Å². The topological polar surface area (TPSA) is 67.9 Å². The Labute approximate surface area is 183 Å². The number of anilines is 2. The molecule has 3 aromatic rings. The van der Waals surface area contributed by atoms with Crippen molar-refractivity contribution in [3.8, 4) is 11.5 Å². The highest BCUT2D eigenvalue weighted by molar-refractivity contribution is 6.14. The van der Waals surface area contributed by atoms with Gasteiger partial charge in [0.2, 0.25) is 11.8 Å². The molecule has 3 heterocycles. The van der Waals surface area contributed by atoms with E-state index in [1.807, 2.05) is 36.4 Å². The molecule has 0 aromatic heterocycles. The van der Waals surface area contributed by atoms with E-state index in [-0.39, 0.29) is 24.7 Å². The van der Waals surface area contributed by atoms with Gasteiger partial charge in [-0.15, -0.1) is 0 Å². The molecule has 2 amide bonds. The maximum absolute atomic E-state index is 14.0. The van der Waals surface area contributed by atoms with Crippen LogP contribution < -0.4 is 19.7 Å². The summed E-state index contributed by atoms with van der Waals surface area (Å²) >= 11 is 0. The monoisotopic (exact) mass is 430 g/mol. The first kappa shape index (κ1) is 18.9. The van der Waals surface area contributed by atoms with Crippen LogP contribution in [-0.4, -0.2) is 31.6 Å². The number of benzene rings is 3. The molecule has 160 valence electrons. The van der Waals surface area contributed by atoms with E-state index in [9.17, 15) is 14.0 Å². The number of nitrogens with zero attached hydrogens (tertiary/aromatic N) is 1. The molecular weight excluding hydrogens is 411 g/mol. The molecule has 6 nitrogen and oxygen atoms in total. The Morgan fingerprint density at radius 2 is 1.84 bits per heavy atom. The number of hydrogen-bond donors (Lipinski definition) is 1. The van der Waals surface area contributed by atoms with Gasteiger partial charge in [-0.1, -0.05) is 30.3 Å². The van der Waals surface area contributed by atoms with Crippen LogP contribution in [0.5, 0.6) is 11.5 Å². The lowest BCUT2D eigenvalue weighted by molar-refractivity contribution is -0.124. The van der Waals surface area contributed by atoms with Crippen molar-refractivity contribution in [3.63, 3.8) is 0 Å². The van der Waals surface area contributed by atoms with Gasteiger partial charge in [0.25, 0.3) is 0 Å². The first-order valence-electron chi connectivity index (χ1n) is 10.5. The predicted octanol–water partition coefficient (Wildman–Crippen LogP) is 3.42.